The van der Waals surface area contributed by atoms with Crippen LogP contribution in [0.5, 0.6) is 11.5 Å². The number of anilines is 2. The number of hydrogen-bond acceptors (Lipinski definition) is 7. The monoisotopic (exact) mass is 515 g/mol. The first-order chi connectivity index (χ1) is 18.6. The summed E-state index contributed by atoms with van der Waals surface area (Å²) in [5.74, 6) is 4.58. The van der Waals surface area contributed by atoms with Crippen LogP contribution in [-0.4, -0.2) is 78.4 Å². The minimum atomic E-state index is 0.0258. The molecule has 0 unspecified atom stereocenters. The van der Waals surface area contributed by atoms with Gasteiger partial charge in [0.05, 0.1) is 31.9 Å². The Morgan fingerprint density at radius 1 is 1.13 bits per heavy atom. The van der Waals surface area contributed by atoms with Gasteiger partial charge in [0.15, 0.2) is 11.5 Å². The Labute approximate surface area is 223 Å². The summed E-state index contributed by atoms with van der Waals surface area (Å²) in [5.41, 5.74) is 2.37. The van der Waals surface area contributed by atoms with E-state index in [1.54, 1.807) is 7.11 Å². The Kier molecular flexibility index (Phi) is 7.80. The number of carbonyl (C=O) groups is 1. The van der Waals surface area contributed by atoms with Crippen LogP contribution < -0.4 is 14.8 Å². The Bertz CT molecular complexity index is 1330. The number of benzene rings is 2. The first-order valence-corrected chi connectivity index (χ1v) is 13.0. The van der Waals surface area contributed by atoms with E-state index in [9.17, 15) is 4.79 Å². The van der Waals surface area contributed by atoms with Crippen molar-refractivity contribution >= 4 is 28.4 Å². The molecule has 2 aromatic carbocycles. The zero-order valence-corrected chi connectivity index (χ0v) is 21.9. The molecule has 1 aliphatic carbocycles. The van der Waals surface area contributed by atoms with Crippen molar-refractivity contribution in [3.05, 3.63) is 48.3 Å². The molecule has 1 N–H and O–H groups in total. The predicted molar refractivity (Wildman–Crippen MR) is 146 cm³/mol. The second kappa shape index (κ2) is 11.6. The van der Waals surface area contributed by atoms with Crippen LogP contribution >= 0.6 is 0 Å². The van der Waals surface area contributed by atoms with E-state index < -0.39 is 0 Å². The summed E-state index contributed by atoms with van der Waals surface area (Å²) in [6.07, 6.45) is 10.6. The summed E-state index contributed by atoms with van der Waals surface area (Å²) < 4.78 is 17.5. The fraction of sp³-hybridized carbons (Fsp3) is 0.414. The topological polar surface area (TPSA) is 89.1 Å². The lowest BCUT2D eigenvalue weighted by atomic mass is 9.92. The van der Waals surface area contributed by atoms with Gasteiger partial charge in [-0.1, -0.05) is 12.0 Å². The van der Waals surface area contributed by atoms with Gasteiger partial charge in [-0.2, -0.15) is 0 Å². The summed E-state index contributed by atoms with van der Waals surface area (Å²) in [6.45, 7) is 2.51. The van der Waals surface area contributed by atoms with Crippen LogP contribution in [0.25, 0.3) is 10.9 Å². The molecule has 1 saturated heterocycles. The highest BCUT2D eigenvalue weighted by Crippen LogP contribution is 2.37. The first kappa shape index (κ1) is 25.6. The van der Waals surface area contributed by atoms with Gasteiger partial charge in [-0.3, -0.25) is 0 Å². The van der Waals surface area contributed by atoms with Gasteiger partial charge in [0.2, 0.25) is 0 Å². The molecule has 5 rings (SSSR count). The predicted octanol–water partition coefficient (Wildman–Crippen LogP) is 4.44. The van der Waals surface area contributed by atoms with E-state index in [4.69, 9.17) is 20.6 Å². The number of fused-ring (bicyclic) bond motifs is 1. The maximum Gasteiger partial charge on any atom is 0.320 e. The van der Waals surface area contributed by atoms with E-state index in [2.05, 4.69) is 21.2 Å². The molecule has 2 heterocycles. The molecule has 38 heavy (non-hydrogen) atoms. The van der Waals surface area contributed by atoms with E-state index in [0.717, 1.165) is 47.8 Å². The summed E-state index contributed by atoms with van der Waals surface area (Å²) in [4.78, 5) is 25.6. The van der Waals surface area contributed by atoms with E-state index in [-0.39, 0.29) is 18.2 Å². The van der Waals surface area contributed by atoms with E-state index >= 15 is 0 Å². The van der Waals surface area contributed by atoms with Crippen molar-refractivity contribution < 1.29 is 19.0 Å². The summed E-state index contributed by atoms with van der Waals surface area (Å²) >= 11 is 0. The van der Waals surface area contributed by atoms with Crippen molar-refractivity contribution in [3.63, 3.8) is 0 Å². The highest BCUT2D eigenvalue weighted by Gasteiger charge is 2.30. The number of terminal acetylenes is 1. The molecule has 2 aliphatic rings. The molecule has 1 aliphatic heterocycles. The third-order valence-corrected chi connectivity index (χ3v) is 7.28. The van der Waals surface area contributed by atoms with Crippen molar-refractivity contribution in [2.45, 2.75) is 37.8 Å². The van der Waals surface area contributed by atoms with E-state index in [1.807, 2.05) is 53.2 Å². The second-order valence-corrected chi connectivity index (χ2v) is 9.63. The van der Waals surface area contributed by atoms with Gasteiger partial charge in [-0.15, -0.1) is 6.42 Å². The molecular weight excluding hydrogens is 482 g/mol. The van der Waals surface area contributed by atoms with Gasteiger partial charge >= 0.3 is 6.03 Å². The number of methoxy groups -OCH3 is 1. The fourth-order valence-corrected chi connectivity index (χ4v) is 5.10. The summed E-state index contributed by atoms with van der Waals surface area (Å²) in [5, 5.41) is 4.17. The molecule has 2 fully saturated rings. The minimum Gasteiger partial charge on any atom is -0.493 e. The van der Waals surface area contributed by atoms with Crippen molar-refractivity contribution in [2.75, 3.05) is 45.8 Å². The molecule has 2 amide bonds. The Morgan fingerprint density at radius 3 is 2.66 bits per heavy atom. The molecule has 9 heteroatoms. The number of morpholine rings is 1. The lowest BCUT2D eigenvalue weighted by Gasteiger charge is -2.38. The van der Waals surface area contributed by atoms with Gasteiger partial charge in [-0.25, -0.2) is 14.8 Å². The smallest absolute Gasteiger partial charge is 0.320 e. The Hall–Kier alpha value is -4.03. The zero-order chi connectivity index (χ0) is 26.5. The highest BCUT2D eigenvalue weighted by molar-refractivity contribution is 5.93. The highest BCUT2D eigenvalue weighted by atomic mass is 16.5. The molecule has 1 saturated carbocycles. The fourth-order valence-electron chi connectivity index (χ4n) is 5.10. The number of rotatable bonds is 6. The van der Waals surface area contributed by atoms with Crippen molar-refractivity contribution in [2.24, 2.45) is 0 Å². The van der Waals surface area contributed by atoms with Crippen LogP contribution in [0.15, 0.2) is 42.7 Å². The number of ether oxygens (including phenoxy) is 3. The minimum absolute atomic E-state index is 0.0258. The van der Waals surface area contributed by atoms with E-state index in [0.29, 0.717) is 43.6 Å². The maximum atomic E-state index is 12.9. The van der Waals surface area contributed by atoms with E-state index in [1.165, 1.54) is 6.33 Å². The van der Waals surface area contributed by atoms with Crippen LogP contribution in [0.2, 0.25) is 0 Å². The van der Waals surface area contributed by atoms with Gasteiger partial charge < -0.3 is 29.3 Å². The largest absolute Gasteiger partial charge is 0.493 e. The van der Waals surface area contributed by atoms with Gasteiger partial charge in [-0.05, 0) is 49.9 Å². The van der Waals surface area contributed by atoms with Crippen LogP contribution in [0, 0.1) is 12.3 Å². The molecule has 3 aromatic rings. The molecule has 0 spiro atoms. The number of hydrogen-bond donors (Lipinski definition) is 1. The van der Waals surface area contributed by atoms with Crippen molar-refractivity contribution in [1.82, 2.24) is 19.8 Å². The number of carbonyl (C=O) groups excluding carboxylic acids is 1. The van der Waals surface area contributed by atoms with Gasteiger partial charge in [0, 0.05) is 48.9 Å². The van der Waals surface area contributed by atoms with Crippen LogP contribution in [0.1, 0.15) is 31.2 Å². The number of nitrogens with zero attached hydrogens (tertiary/aromatic N) is 4. The third kappa shape index (κ3) is 5.60. The lowest BCUT2D eigenvalue weighted by molar-refractivity contribution is 0.0369. The standard InChI is InChI=1S/C29H33N5O4/c1-4-20-6-5-7-21(16-20)32-28-24-17-27(26(36-3)18-25(24)30-19-31-28)38-23-10-8-22(9-11-23)33(2)29(35)34-12-14-37-15-13-34/h1,5-7,16-19,22-23H,8-15H2,2-3H3,(H,30,31,32)/t22-,23-. The Morgan fingerprint density at radius 2 is 1.92 bits per heavy atom. The summed E-state index contributed by atoms with van der Waals surface area (Å²) in [6, 6.07) is 11.7. The number of nitrogens with one attached hydrogen (secondary N) is 1. The molecule has 198 valence electrons. The summed E-state index contributed by atoms with van der Waals surface area (Å²) in [7, 11) is 3.53. The zero-order valence-electron chi connectivity index (χ0n) is 21.9. The number of aromatic nitrogens is 2. The third-order valence-electron chi connectivity index (χ3n) is 7.28. The average Bonchev–Trinajstić information content (AvgIpc) is 2.97. The Balaban J connectivity index is 1.29. The van der Waals surface area contributed by atoms with Gasteiger partial charge in [0.25, 0.3) is 0 Å². The first-order valence-electron chi connectivity index (χ1n) is 13.0. The van der Waals surface area contributed by atoms with Gasteiger partial charge in [0.1, 0.15) is 12.1 Å². The van der Waals surface area contributed by atoms with Crippen molar-refractivity contribution in [3.8, 4) is 23.8 Å². The molecule has 0 bridgehead atoms. The molecule has 0 radical (unpaired) electrons. The second-order valence-electron chi connectivity index (χ2n) is 9.63. The maximum absolute atomic E-state index is 12.9. The number of amides is 2. The van der Waals surface area contributed by atoms with Crippen LogP contribution in [0.4, 0.5) is 16.3 Å². The SMILES string of the molecule is C#Cc1cccc(Nc2ncnc3cc(OC)c(O[C@H]4CC[C@H](N(C)C(=O)N5CCOCC5)CC4)cc23)c1. The van der Waals surface area contributed by atoms with Crippen molar-refractivity contribution in [1.29, 1.82) is 0 Å². The van der Waals surface area contributed by atoms with Crippen LogP contribution in [-0.2, 0) is 4.74 Å². The lowest BCUT2D eigenvalue weighted by Crippen LogP contribution is -2.51. The quantitative estimate of drug-likeness (QED) is 0.486. The average molecular weight is 516 g/mol. The number of urea groups is 1. The normalized spacial score (nSPS) is 19.4. The molecular formula is C29H33N5O4. The van der Waals surface area contributed by atoms with Crippen LogP contribution in [0.3, 0.4) is 0 Å². The molecule has 0 atom stereocenters. The molecule has 9 nitrogen and oxygen atoms in total. The molecule has 1 aromatic heterocycles.